The first kappa shape index (κ1) is 18.6. The summed E-state index contributed by atoms with van der Waals surface area (Å²) >= 11 is 0. The molecule has 0 aliphatic rings. The summed E-state index contributed by atoms with van der Waals surface area (Å²) in [6, 6.07) is 7.51. The summed E-state index contributed by atoms with van der Waals surface area (Å²) in [5, 5.41) is 0. The average Bonchev–Trinajstić information content (AvgIpc) is 2.56. The SMILES string of the molecule is C/C=C(/C=O)[C@@H](CC=O)CC(=O)OCCc1ccc(OC)cc1. The number of carbonyl (C=O) groups excluding carboxylic acids is 3. The Morgan fingerprint density at radius 1 is 1.22 bits per heavy atom. The number of aldehydes is 2. The highest BCUT2D eigenvalue weighted by molar-refractivity contribution is 5.78. The van der Waals surface area contributed by atoms with Crippen LogP contribution in [0.4, 0.5) is 0 Å². The monoisotopic (exact) mass is 318 g/mol. The summed E-state index contributed by atoms with van der Waals surface area (Å²) in [7, 11) is 1.60. The van der Waals surface area contributed by atoms with Crippen molar-refractivity contribution in [2.45, 2.75) is 26.2 Å². The fourth-order valence-corrected chi connectivity index (χ4v) is 2.19. The quantitative estimate of drug-likeness (QED) is 0.377. The molecule has 0 amide bonds. The van der Waals surface area contributed by atoms with E-state index in [1.807, 2.05) is 24.3 Å². The molecule has 0 heterocycles. The van der Waals surface area contributed by atoms with Gasteiger partial charge in [0.25, 0.3) is 0 Å². The first-order chi connectivity index (χ1) is 11.1. The molecule has 1 rings (SSSR count). The number of allylic oxidation sites excluding steroid dienone is 2. The zero-order chi connectivity index (χ0) is 17.1. The van der Waals surface area contributed by atoms with Crippen LogP contribution in [0.5, 0.6) is 5.75 Å². The molecule has 1 aromatic rings. The average molecular weight is 318 g/mol. The lowest BCUT2D eigenvalue weighted by molar-refractivity contribution is -0.144. The predicted octanol–water partition coefficient (Wildman–Crippen LogP) is 2.52. The molecule has 0 bridgehead atoms. The van der Waals surface area contributed by atoms with Gasteiger partial charge in [-0.3, -0.25) is 9.59 Å². The van der Waals surface area contributed by atoms with Crippen LogP contribution in [0.1, 0.15) is 25.3 Å². The minimum Gasteiger partial charge on any atom is -0.497 e. The first-order valence-electron chi connectivity index (χ1n) is 7.48. The van der Waals surface area contributed by atoms with Gasteiger partial charge in [-0.2, -0.15) is 0 Å². The smallest absolute Gasteiger partial charge is 0.306 e. The lowest BCUT2D eigenvalue weighted by Crippen LogP contribution is -2.16. The lowest BCUT2D eigenvalue weighted by atomic mass is 9.93. The molecule has 1 aromatic carbocycles. The van der Waals surface area contributed by atoms with Crippen molar-refractivity contribution >= 4 is 18.5 Å². The fourth-order valence-electron chi connectivity index (χ4n) is 2.19. The summed E-state index contributed by atoms with van der Waals surface area (Å²) in [5.74, 6) is -0.0507. The van der Waals surface area contributed by atoms with Crippen molar-refractivity contribution < 1.29 is 23.9 Å². The minimum atomic E-state index is -0.413. The molecule has 0 radical (unpaired) electrons. The normalized spacial score (nSPS) is 12.3. The van der Waals surface area contributed by atoms with E-state index in [1.54, 1.807) is 20.1 Å². The molecule has 0 saturated heterocycles. The van der Waals surface area contributed by atoms with Gasteiger partial charge in [-0.1, -0.05) is 18.2 Å². The summed E-state index contributed by atoms with van der Waals surface area (Å²) in [4.78, 5) is 33.5. The lowest BCUT2D eigenvalue weighted by Gasteiger charge is -2.13. The maximum atomic E-state index is 11.9. The number of benzene rings is 1. The van der Waals surface area contributed by atoms with E-state index in [1.165, 1.54) is 0 Å². The van der Waals surface area contributed by atoms with Gasteiger partial charge in [0.2, 0.25) is 0 Å². The van der Waals surface area contributed by atoms with Crippen molar-refractivity contribution in [3.8, 4) is 5.75 Å². The second-order valence-electron chi connectivity index (χ2n) is 5.03. The second-order valence-corrected chi connectivity index (χ2v) is 5.03. The Morgan fingerprint density at radius 3 is 2.43 bits per heavy atom. The van der Waals surface area contributed by atoms with E-state index < -0.39 is 11.9 Å². The molecular formula is C18H22O5. The Bertz CT molecular complexity index is 545. The van der Waals surface area contributed by atoms with Gasteiger partial charge in [-0.25, -0.2) is 0 Å². The topological polar surface area (TPSA) is 69.7 Å². The third-order valence-corrected chi connectivity index (χ3v) is 3.55. The summed E-state index contributed by atoms with van der Waals surface area (Å²) in [5.41, 5.74) is 1.48. The standard InChI is InChI=1S/C18H22O5/c1-3-15(13-20)16(8-10-19)12-18(21)23-11-9-14-4-6-17(22-2)7-5-14/h3-7,10,13,16H,8-9,11-12H2,1-2H3/b15-3-/t16-/m0/s1. The van der Waals surface area contributed by atoms with Crippen molar-refractivity contribution in [2.75, 3.05) is 13.7 Å². The maximum absolute atomic E-state index is 11.9. The van der Waals surface area contributed by atoms with Crippen LogP contribution in [0.25, 0.3) is 0 Å². The Hall–Kier alpha value is -2.43. The van der Waals surface area contributed by atoms with E-state index in [2.05, 4.69) is 0 Å². The van der Waals surface area contributed by atoms with E-state index in [0.717, 1.165) is 11.3 Å². The van der Waals surface area contributed by atoms with Gasteiger partial charge in [-0.05, 0) is 30.2 Å². The van der Waals surface area contributed by atoms with Gasteiger partial charge in [-0.15, -0.1) is 0 Å². The van der Waals surface area contributed by atoms with Crippen LogP contribution < -0.4 is 4.74 Å². The number of hydrogen-bond donors (Lipinski definition) is 0. The molecule has 23 heavy (non-hydrogen) atoms. The highest BCUT2D eigenvalue weighted by atomic mass is 16.5. The molecule has 0 aliphatic heterocycles. The van der Waals surface area contributed by atoms with Gasteiger partial charge in [0, 0.05) is 18.8 Å². The Morgan fingerprint density at radius 2 is 1.91 bits per heavy atom. The van der Waals surface area contributed by atoms with E-state index in [-0.39, 0.29) is 19.4 Å². The van der Waals surface area contributed by atoms with Crippen molar-refractivity contribution in [1.29, 1.82) is 0 Å². The van der Waals surface area contributed by atoms with E-state index >= 15 is 0 Å². The zero-order valence-electron chi connectivity index (χ0n) is 13.5. The van der Waals surface area contributed by atoms with Crippen LogP contribution in [0.15, 0.2) is 35.9 Å². The van der Waals surface area contributed by atoms with Crippen LogP contribution in [-0.2, 0) is 25.5 Å². The Kier molecular flexibility index (Phi) is 8.36. The first-order valence-corrected chi connectivity index (χ1v) is 7.48. The van der Waals surface area contributed by atoms with Crippen LogP contribution in [0.2, 0.25) is 0 Å². The van der Waals surface area contributed by atoms with Crippen LogP contribution >= 0.6 is 0 Å². The number of ether oxygens (including phenoxy) is 2. The zero-order valence-corrected chi connectivity index (χ0v) is 13.5. The van der Waals surface area contributed by atoms with Gasteiger partial charge >= 0.3 is 5.97 Å². The van der Waals surface area contributed by atoms with Crippen molar-refractivity contribution in [1.82, 2.24) is 0 Å². The molecule has 0 fully saturated rings. The highest BCUT2D eigenvalue weighted by Gasteiger charge is 2.18. The molecule has 0 N–H and O–H groups in total. The molecule has 1 atom stereocenters. The number of rotatable bonds is 10. The summed E-state index contributed by atoms with van der Waals surface area (Å²) in [6.07, 6.45) is 3.76. The second kappa shape index (κ2) is 10.3. The molecule has 0 saturated carbocycles. The van der Waals surface area contributed by atoms with Crippen molar-refractivity contribution in [3.05, 3.63) is 41.5 Å². The van der Waals surface area contributed by atoms with Crippen LogP contribution in [0.3, 0.4) is 0 Å². The summed E-state index contributed by atoms with van der Waals surface area (Å²) in [6.45, 7) is 1.96. The van der Waals surface area contributed by atoms with Gasteiger partial charge in [0.1, 0.15) is 18.3 Å². The third-order valence-electron chi connectivity index (χ3n) is 3.55. The van der Waals surface area contributed by atoms with Gasteiger partial charge < -0.3 is 14.3 Å². The Labute approximate surface area is 136 Å². The van der Waals surface area contributed by atoms with Gasteiger partial charge in [0.15, 0.2) is 0 Å². The molecule has 0 unspecified atom stereocenters. The van der Waals surface area contributed by atoms with E-state index in [0.29, 0.717) is 24.6 Å². The number of methoxy groups -OCH3 is 1. The number of carbonyl (C=O) groups is 3. The van der Waals surface area contributed by atoms with E-state index in [4.69, 9.17) is 9.47 Å². The molecule has 0 aromatic heterocycles. The molecule has 5 heteroatoms. The molecule has 124 valence electrons. The highest BCUT2D eigenvalue weighted by Crippen LogP contribution is 2.18. The predicted molar refractivity (Wildman–Crippen MR) is 86.3 cm³/mol. The third kappa shape index (κ3) is 6.46. The minimum absolute atomic E-state index is 0.0275. The maximum Gasteiger partial charge on any atom is 0.306 e. The van der Waals surface area contributed by atoms with Gasteiger partial charge in [0.05, 0.1) is 20.1 Å². The molecule has 0 aliphatic carbocycles. The van der Waals surface area contributed by atoms with Crippen molar-refractivity contribution in [3.63, 3.8) is 0 Å². The molecule has 5 nitrogen and oxygen atoms in total. The molecule has 0 spiro atoms. The molecular weight excluding hydrogens is 296 g/mol. The Balaban J connectivity index is 2.45. The van der Waals surface area contributed by atoms with Crippen LogP contribution in [0, 0.1) is 5.92 Å². The fraction of sp³-hybridized carbons (Fsp3) is 0.389. The van der Waals surface area contributed by atoms with Crippen LogP contribution in [-0.4, -0.2) is 32.3 Å². The summed E-state index contributed by atoms with van der Waals surface area (Å²) < 4.78 is 10.3. The largest absolute Gasteiger partial charge is 0.497 e. The number of esters is 1. The number of hydrogen-bond acceptors (Lipinski definition) is 5. The van der Waals surface area contributed by atoms with E-state index in [9.17, 15) is 14.4 Å². The van der Waals surface area contributed by atoms with Crippen molar-refractivity contribution in [2.24, 2.45) is 5.92 Å².